The number of carbonyl (C=O) groups excluding carboxylic acids is 2. The van der Waals surface area contributed by atoms with Gasteiger partial charge in [-0.05, 0) is 52.7 Å². The van der Waals surface area contributed by atoms with Crippen molar-refractivity contribution in [3.63, 3.8) is 0 Å². The highest BCUT2D eigenvalue weighted by Gasteiger charge is 2.38. The summed E-state index contributed by atoms with van der Waals surface area (Å²) >= 11 is 0. The second-order valence-electron chi connectivity index (χ2n) is 11.0. The third kappa shape index (κ3) is 12.7. The molecule has 0 aliphatic carbocycles. The van der Waals surface area contributed by atoms with Gasteiger partial charge in [0.15, 0.2) is 5.84 Å². The van der Waals surface area contributed by atoms with E-state index in [9.17, 15) is 22.8 Å². The normalized spacial score (nSPS) is 12.1. The summed E-state index contributed by atoms with van der Waals surface area (Å²) in [5.74, 6) is -1.51. The van der Waals surface area contributed by atoms with Crippen LogP contribution in [0.25, 0.3) is 11.4 Å². The predicted molar refractivity (Wildman–Crippen MR) is 150 cm³/mol. The van der Waals surface area contributed by atoms with Crippen LogP contribution in [0.5, 0.6) is 0 Å². The number of benzene rings is 2. The Morgan fingerprint density at radius 2 is 1.30 bits per heavy atom. The zero-order valence-electron chi connectivity index (χ0n) is 24.6. The van der Waals surface area contributed by atoms with Crippen molar-refractivity contribution in [2.75, 3.05) is 0 Å². The molecule has 0 spiro atoms. The first-order valence-corrected chi connectivity index (χ1v) is 12.9. The molecule has 0 aliphatic heterocycles. The van der Waals surface area contributed by atoms with E-state index < -0.39 is 35.5 Å². The number of hydrogen-bond donors (Lipinski definition) is 4. The quantitative estimate of drug-likeness (QED) is 0.120. The molecule has 234 valence electrons. The zero-order valence-corrected chi connectivity index (χ0v) is 24.6. The van der Waals surface area contributed by atoms with E-state index in [-0.39, 0.29) is 18.2 Å². The van der Waals surface area contributed by atoms with Crippen LogP contribution in [0.3, 0.4) is 0 Å². The molecule has 0 unspecified atom stereocenters. The van der Waals surface area contributed by atoms with E-state index in [1.165, 1.54) is 12.1 Å². The van der Waals surface area contributed by atoms with Gasteiger partial charge in [0, 0.05) is 24.2 Å². The molecule has 5 N–H and O–H groups in total. The number of carbonyl (C=O) groups is 2. The fourth-order valence-electron chi connectivity index (χ4n) is 3.06. The minimum Gasteiger partial charge on any atom is -0.444 e. The summed E-state index contributed by atoms with van der Waals surface area (Å²) in [7, 11) is 0. The molecular weight excluding hydrogens is 573 g/mol. The van der Waals surface area contributed by atoms with Crippen LogP contribution in [-0.2, 0) is 28.7 Å². The van der Waals surface area contributed by atoms with Gasteiger partial charge in [-0.25, -0.2) is 9.59 Å². The Morgan fingerprint density at radius 3 is 1.67 bits per heavy atom. The van der Waals surface area contributed by atoms with Gasteiger partial charge in [0.1, 0.15) is 11.2 Å². The van der Waals surface area contributed by atoms with Gasteiger partial charge in [-0.1, -0.05) is 58.8 Å². The minimum atomic E-state index is -4.68. The molecule has 3 aromatic rings. The first-order chi connectivity index (χ1) is 19.9. The fraction of sp³-hybridized carbons (Fsp3) is 0.393. The Kier molecular flexibility index (Phi) is 11.5. The SMILES string of the molecule is CC(C)(C)OC(=O)NCc1ccc(-c2noc(C(F)(F)F)n2)cc1.CC(C)(C)OC(=O)NCc1ccc(/C(N)=N/O)cc1. The molecule has 12 nitrogen and oxygen atoms in total. The predicted octanol–water partition coefficient (Wildman–Crippen LogP) is 5.59. The number of nitrogens with zero attached hydrogens (tertiary/aromatic N) is 3. The van der Waals surface area contributed by atoms with Crippen LogP contribution in [0.4, 0.5) is 22.8 Å². The summed E-state index contributed by atoms with van der Waals surface area (Å²) in [4.78, 5) is 26.3. The van der Waals surface area contributed by atoms with Crippen molar-refractivity contribution in [2.45, 2.75) is 72.0 Å². The summed E-state index contributed by atoms with van der Waals surface area (Å²) in [6.45, 7) is 11.2. The van der Waals surface area contributed by atoms with Crippen LogP contribution in [0, 0.1) is 0 Å². The van der Waals surface area contributed by atoms with Crippen molar-refractivity contribution in [3.05, 3.63) is 71.1 Å². The molecule has 0 saturated carbocycles. The second-order valence-corrected chi connectivity index (χ2v) is 11.0. The number of alkyl halides is 3. The third-order valence-electron chi connectivity index (χ3n) is 4.91. The maximum absolute atomic E-state index is 12.4. The molecule has 1 aromatic heterocycles. The minimum absolute atomic E-state index is 0.0478. The average Bonchev–Trinajstić information content (AvgIpc) is 3.41. The van der Waals surface area contributed by atoms with E-state index in [4.69, 9.17) is 20.4 Å². The Morgan fingerprint density at radius 1 is 0.860 bits per heavy atom. The summed E-state index contributed by atoms with van der Waals surface area (Å²) in [5, 5.41) is 20.0. The Balaban J connectivity index is 0.000000309. The van der Waals surface area contributed by atoms with E-state index in [2.05, 4.69) is 30.5 Å². The molecule has 0 radical (unpaired) electrons. The maximum Gasteiger partial charge on any atom is 0.471 e. The van der Waals surface area contributed by atoms with Gasteiger partial charge in [-0.3, -0.25) is 0 Å². The van der Waals surface area contributed by atoms with Crippen molar-refractivity contribution in [2.24, 2.45) is 10.9 Å². The van der Waals surface area contributed by atoms with Gasteiger partial charge in [-0.15, -0.1) is 0 Å². The molecule has 0 atom stereocenters. The van der Waals surface area contributed by atoms with E-state index in [0.717, 1.165) is 11.1 Å². The molecule has 3 rings (SSSR count). The molecule has 0 bridgehead atoms. The number of hydrogen-bond acceptors (Lipinski definition) is 9. The van der Waals surface area contributed by atoms with Crippen LogP contribution < -0.4 is 16.4 Å². The molecule has 0 saturated heterocycles. The van der Waals surface area contributed by atoms with Crippen molar-refractivity contribution in [3.8, 4) is 11.4 Å². The number of nitrogens with two attached hydrogens (primary N) is 1. The number of amidine groups is 1. The van der Waals surface area contributed by atoms with Crippen LogP contribution in [0.15, 0.2) is 58.2 Å². The number of halogens is 3. The van der Waals surface area contributed by atoms with Crippen LogP contribution in [0.1, 0.15) is 64.1 Å². The highest BCUT2D eigenvalue weighted by atomic mass is 19.4. The number of rotatable bonds is 6. The highest BCUT2D eigenvalue weighted by molar-refractivity contribution is 5.96. The van der Waals surface area contributed by atoms with E-state index in [1.54, 1.807) is 77.9 Å². The van der Waals surface area contributed by atoms with Crippen molar-refractivity contribution in [1.82, 2.24) is 20.8 Å². The fourth-order valence-corrected chi connectivity index (χ4v) is 3.06. The van der Waals surface area contributed by atoms with E-state index in [0.29, 0.717) is 17.7 Å². The van der Waals surface area contributed by atoms with Crippen molar-refractivity contribution >= 4 is 18.0 Å². The molecule has 0 fully saturated rings. The number of oxime groups is 1. The lowest BCUT2D eigenvalue weighted by molar-refractivity contribution is -0.159. The highest BCUT2D eigenvalue weighted by Crippen LogP contribution is 2.29. The molecular formula is C28H35F3N6O6. The third-order valence-corrected chi connectivity index (χ3v) is 4.91. The topological polar surface area (TPSA) is 174 Å². The van der Waals surface area contributed by atoms with Gasteiger partial charge in [0.2, 0.25) is 5.82 Å². The molecule has 0 aliphatic rings. The molecule has 1 heterocycles. The van der Waals surface area contributed by atoms with Gasteiger partial charge in [-0.2, -0.15) is 18.2 Å². The summed E-state index contributed by atoms with van der Waals surface area (Å²) in [5.41, 5.74) is 6.95. The van der Waals surface area contributed by atoms with Crippen LogP contribution >= 0.6 is 0 Å². The Hall–Kier alpha value is -4.82. The lowest BCUT2D eigenvalue weighted by Crippen LogP contribution is -2.32. The summed E-state index contributed by atoms with van der Waals surface area (Å²) in [6.07, 6.45) is -5.70. The zero-order chi connectivity index (χ0) is 32.4. The smallest absolute Gasteiger partial charge is 0.444 e. The molecule has 15 heteroatoms. The van der Waals surface area contributed by atoms with Gasteiger partial charge in [0.05, 0.1) is 0 Å². The first-order valence-electron chi connectivity index (χ1n) is 12.9. The standard InChI is InChI=1S/C15H16F3N3O3.C13H19N3O3/c1-14(2,3)23-13(22)19-8-9-4-6-10(7-5-9)11-20-12(24-21-11)15(16,17)18;1-13(2,3)19-12(17)15-8-9-4-6-10(7-5-9)11(14)16-18/h4-7H,8H2,1-3H3,(H,19,22);4-7,18H,8H2,1-3H3,(H2,14,16)(H,15,17). The number of aromatic nitrogens is 2. The van der Waals surface area contributed by atoms with Crippen molar-refractivity contribution < 1.29 is 42.0 Å². The van der Waals surface area contributed by atoms with Crippen molar-refractivity contribution in [1.29, 1.82) is 0 Å². The molecule has 2 aromatic carbocycles. The lowest BCUT2D eigenvalue weighted by Gasteiger charge is -2.19. The Labute approximate surface area is 246 Å². The second kappa shape index (κ2) is 14.4. The number of ether oxygens (including phenoxy) is 2. The first kappa shape index (κ1) is 34.4. The van der Waals surface area contributed by atoms with Gasteiger partial charge < -0.3 is 35.6 Å². The van der Waals surface area contributed by atoms with Crippen LogP contribution in [-0.4, -0.2) is 44.6 Å². The number of alkyl carbamates (subject to hydrolysis) is 2. The average molecular weight is 609 g/mol. The lowest BCUT2D eigenvalue weighted by atomic mass is 10.1. The largest absolute Gasteiger partial charge is 0.471 e. The summed E-state index contributed by atoms with van der Waals surface area (Å²) < 4.78 is 51.7. The van der Waals surface area contributed by atoms with Crippen LogP contribution in [0.2, 0.25) is 0 Å². The number of nitrogens with one attached hydrogen (secondary N) is 2. The van der Waals surface area contributed by atoms with Gasteiger partial charge in [0.25, 0.3) is 0 Å². The van der Waals surface area contributed by atoms with Gasteiger partial charge >= 0.3 is 24.3 Å². The molecule has 43 heavy (non-hydrogen) atoms. The maximum atomic E-state index is 12.4. The van der Waals surface area contributed by atoms with E-state index in [1.807, 2.05) is 0 Å². The van der Waals surface area contributed by atoms with E-state index >= 15 is 0 Å². The number of amides is 2. The summed E-state index contributed by atoms with van der Waals surface area (Å²) in [6, 6.07) is 13.3. The molecule has 2 amide bonds. The monoisotopic (exact) mass is 608 g/mol. The Bertz CT molecular complexity index is 1380.